The lowest BCUT2D eigenvalue weighted by Gasteiger charge is -2.06. The summed E-state index contributed by atoms with van der Waals surface area (Å²) in [5, 5.41) is 12.2. The van der Waals surface area contributed by atoms with Gasteiger partial charge in [-0.25, -0.2) is 4.39 Å². The molecule has 0 aliphatic carbocycles. The first-order valence-electron chi connectivity index (χ1n) is 5.34. The molecule has 2 rings (SSSR count). The van der Waals surface area contributed by atoms with Crippen LogP contribution in [-0.2, 0) is 6.54 Å². The molecule has 0 aliphatic heterocycles. The van der Waals surface area contributed by atoms with Crippen LogP contribution in [0.3, 0.4) is 0 Å². The van der Waals surface area contributed by atoms with Crippen LogP contribution in [0.4, 0.5) is 10.1 Å². The third kappa shape index (κ3) is 2.77. The number of nitrogens with one attached hydrogen (secondary N) is 1. The number of aromatic hydroxyl groups is 1. The van der Waals surface area contributed by atoms with Gasteiger partial charge in [0.1, 0.15) is 0 Å². The fourth-order valence-electron chi connectivity index (χ4n) is 1.67. The topological polar surface area (TPSA) is 32.3 Å². The predicted molar refractivity (Wildman–Crippen MR) is 69.2 cm³/mol. The van der Waals surface area contributed by atoms with Crippen LogP contribution in [0, 0.1) is 19.7 Å². The molecule has 2 N–H and O–H groups in total. The van der Waals surface area contributed by atoms with E-state index < -0.39 is 5.82 Å². The summed E-state index contributed by atoms with van der Waals surface area (Å²) < 4.78 is 13.1. The van der Waals surface area contributed by atoms with E-state index in [-0.39, 0.29) is 5.75 Å². The van der Waals surface area contributed by atoms with E-state index in [1.807, 2.05) is 0 Å². The van der Waals surface area contributed by atoms with Crippen molar-refractivity contribution in [1.82, 2.24) is 0 Å². The minimum Gasteiger partial charge on any atom is -0.505 e. The molecular formula is C13H14FNOS. The Morgan fingerprint density at radius 3 is 2.65 bits per heavy atom. The van der Waals surface area contributed by atoms with E-state index in [1.165, 1.54) is 27.5 Å². The van der Waals surface area contributed by atoms with Gasteiger partial charge in [0.25, 0.3) is 0 Å². The Hall–Kier alpha value is -1.55. The van der Waals surface area contributed by atoms with Crippen LogP contribution in [0.2, 0.25) is 0 Å². The van der Waals surface area contributed by atoms with Crippen molar-refractivity contribution in [3.8, 4) is 5.75 Å². The summed E-state index contributed by atoms with van der Waals surface area (Å²) in [7, 11) is 0. The standard InChI is InChI=1S/C13H14FNOS/c1-8-5-10(9(2)17-8)7-15-11-3-4-13(16)12(14)6-11/h3-6,15-16H,7H2,1-2H3. The number of benzene rings is 1. The molecule has 0 amide bonds. The maximum Gasteiger partial charge on any atom is 0.166 e. The van der Waals surface area contributed by atoms with Crippen molar-refractivity contribution in [2.75, 3.05) is 5.32 Å². The molecule has 0 bridgehead atoms. The first-order chi connectivity index (χ1) is 8.06. The number of anilines is 1. The van der Waals surface area contributed by atoms with E-state index in [9.17, 15) is 4.39 Å². The van der Waals surface area contributed by atoms with Crippen LogP contribution in [0.25, 0.3) is 0 Å². The number of thiophene rings is 1. The van der Waals surface area contributed by atoms with Gasteiger partial charge in [0.15, 0.2) is 11.6 Å². The van der Waals surface area contributed by atoms with Gasteiger partial charge in [0, 0.05) is 28.1 Å². The molecule has 17 heavy (non-hydrogen) atoms. The van der Waals surface area contributed by atoms with E-state index in [1.54, 1.807) is 17.4 Å². The molecule has 90 valence electrons. The van der Waals surface area contributed by atoms with Crippen molar-refractivity contribution in [2.45, 2.75) is 20.4 Å². The van der Waals surface area contributed by atoms with Crippen molar-refractivity contribution in [3.05, 3.63) is 45.4 Å². The highest BCUT2D eigenvalue weighted by Gasteiger charge is 2.04. The summed E-state index contributed by atoms with van der Waals surface area (Å²) in [5.74, 6) is -0.925. The summed E-state index contributed by atoms with van der Waals surface area (Å²) in [6.07, 6.45) is 0. The van der Waals surface area contributed by atoms with Gasteiger partial charge in [-0.3, -0.25) is 0 Å². The number of hydrogen-bond acceptors (Lipinski definition) is 3. The molecule has 2 nitrogen and oxygen atoms in total. The lowest BCUT2D eigenvalue weighted by Crippen LogP contribution is -1.99. The SMILES string of the molecule is Cc1cc(CNc2ccc(O)c(F)c2)c(C)s1. The lowest BCUT2D eigenvalue weighted by atomic mass is 10.2. The van der Waals surface area contributed by atoms with Gasteiger partial charge in [-0.05, 0) is 37.6 Å². The first-order valence-corrected chi connectivity index (χ1v) is 6.16. The van der Waals surface area contributed by atoms with Gasteiger partial charge < -0.3 is 10.4 Å². The Balaban J connectivity index is 2.07. The molecule has 0 radical (unpaired) electrons. The molecule has 0 saturated heterocycles. The largest absolute Gasteiger partial charge is 0.505 e. The molecule has 0 atom stereocenters. The average Bonchev–Trinajstić information content (AvgIpc) is 2.59. The number of phenolic OH excluding ortho intramolecular Hbond substituents is 1. The summed E-state index contributed by atoms with van der Waals surface area (Å²) >= 11 is 1.76. The summed E-state index contributed by atoms with van der Waals surface area (Å²) in [6.45, 7) is 4.81. The Labute approximate surface area is 104 Å². The second kappa shape index (κ2) is 4.75. The Morgan fingerprint density at radius 1 is 1.29 bits per heavy atom. The molecule has 1 aromatic heterocycles. The predicted octanol–water partition coefficient (Wildman–Crippen LogP) is 3.82. The lowest BCUT2D eigenvalue weighted by molar-refractivity contribution is 0.432. The normalized spacial score (nSPS) is 10.5. The van der Waals surface area contributed by atoms with E-state index >= 15 is 0 Å². The van der Waals surface area contributed by atoms with E-state index in [0.29, 0.717) is 12.2 Å². The highest BCUT2D eigenvalue weighted by molar-refractivity contribution is 7.12. The van der Waals surface area contributed by atoms with Crippen LogP contribution < -0.4 is 5.32 Å². The quantitative estimate of drug-likeness (QED) is 0.813. The first kappa shape index (κ1) is 11.9. The van der Waals surface area contributed by atoms with Gasteiger partial charge in [0.05, 0.1) is 0 Å². The average molecular weight is 251 g/mol. The van der Waals surface area contributed by atoms with Gasteiger partial charge >= 0.3 is 0 Å². The van der Waals surface area contributed by atoms with Crippen molar-refractivity contribution in [2.24, 2.45) is 0 Å². The highest BCUT2D eigenvalue weighted by Crippen LogP contribution is 2.23. The van der Waals surface area contributed by atoms with E-state index in [4.69, 9.17) is 5.11 Å². The van der Waals surface area contributed by atoms with Crippen LogP contribution in [-0.4, -0.2) is 5.11 Å². The zero-order chi connectivity index (χ0) is 12.4. The Kier molecular flexibility index (Phi) is 3.33. The van der Waals surface area contributed by atoms with Crippen molar-refractivity contribution >= 4 is 17.0 Å². The van der Waals surface area contributed by atoms with Crippen LogP contribution in [0.1, 0.15) is 15.3 Å². The van der Waals surface area contributed by atoms with Crippen molar-refractivity contribution in [1.29, 1.82) is 0 Å². The zero-order valence-corrected chi connectivity index (χ0v) is 10.6. The van der Waals surface area contributed by atoms with Gasteiger partial charge in [-0.1, -0.05) is 0 Å². The molecule has 4 heteroatoms. The molecule has 2 aromatic rings. The minimum absolute atomic E-state index is 0.321. The molecular weight excluding hydrogens is 237 g/mol. The molecule has 1 heterocycles. The molecule has 0 spiro atoms. The van der Waals surface area contributed by atoms with Crippen LogP contribution >= 0.6 is 11.3 Å². The van der Waals surface area contributed by atoms with E-state index in [0.717, 1.165) is 0 Å². The minimum atomic E-state index is -0.603. The number of halogens is 1. The third-order valence-corrected chi connectivity index (χ3v) is 3.58. The van der Waals surface area contributed by atoms with Crippen LogP contribution in [0.15, 0.2) is 24.3 Å². The maximum atomic E-state index is 13.1. The smallest absolute Gasteiger partial charge is 0.166 e. The van der Waals surface area contributed by atoms with Crippen LogP contribution in [0.5, 0.6) is 5.75 Å². The summed E-state index contributed by atoms with van der Waals surface area (Å²) in [4.78, 5) is 2.55. The molecule has 0 unspecified atom stereocenters. The highest BCUT2D eigenvalue weighted by atomic mass is 32.1. The van der Waals surface area contributed by atoms with Gasteiger partial charge in [-0.2, -0.15) is 0 Å². The monoisotopic (exact) mass is 251 g/mol. The maximum absolute atomic E-state index is 13.1. The Bertz CT molecular complexity index is 536. The second-order valence-electron chi connectivity index (χ2n) is 3.96. The van der Waals surface area contributed by atoms with E-state index in [2.05, 4.69) is 25.2 Å². The van der Waals surface area contributed by atoms with Gasteiger partial charge in [-0.15, -0.1) is 11.3 Å². The molecule has 0 fully saturated rings. The fraction of sp³-hybridized carbons (Fsp3) is 0.231. The number of aryl methyl sites for hydroxylation is 2. The molecule has 0 aliphatic rings. The zero-order valence-electron chi connectivity index (χ0n) is 9.75. The van der Waals surface area contributed by atoms with Crippen molar-refractivity contribution < 1.29 is 9.50 Å². The second-order valence-corrected chi connectivity index (χ2v) is 5.42. The van der Waals surface area contributed by atoms with Crippen molar-refractivity contribution in [3.63, 3.8) is 0 Å². The number of phenols is 1. The molecule has 0 saturated carbocycles. The Morgan fingerprint density at radius 2 is 2.06 bits per heavy atom. The fourth-order valence-corrected chi connectivity index (χ4v) is 2.62. The number of rotatable bonds is 3. The van der Waals surface area contributed by atoms with Gasteiger partial charge in [0.2, 0.25) is 0 Å². The third-order valence-electron chi connectivity index (χ3n) is 2.57. The summed E-state index contributed by atoms with van der Waals surface area (Å²) in [6, 6.07) is 6.43. The summed E-state index contributed by atoms with van der Waals surface area (Å²) in [5.41, 5.74) is 1.89. The number of hydrogen-bond donors (Lipinski definition) is 2. The molecule has 1 aromatic carbocycles.